The fraction of sp³-hybridized carbons (Fsp3) is 0.294. The third-order valence-electron chi connectivity index (χ3n) is 3.34. The van der Waals surface area contributed by atoms with Crippen molar-refractivity contribution in [3.05, 3.63) is 54.1 Å². The monoisotopic (exact) mass is 335 g/mol. The molecule has 0 aliphatic heterocycles. The number of hydrogen-bond donors (Lipinski definition) is 1. The van der Waals surface area contributed by atoms with Crippen LogP contribution >= 0.6 is 0 Å². The molecule has 0 atom stereocenters. The average Bonchev–Trinajstić information content (AvgIpc) is 2.58. The minimum absolute atomic E-state index is 0.0722. The summed E-state index contributed by atoms with van der Waals surface area (Å²) in [5, 5.41) is 0. The van der Waals surface area contributed by atoms with Crippen molar-refractivity contribution in [3.8, 4) is 11.1 Å². The van der Waals surface area contributed by atoms with E-state index >= 15 is 0 Å². The lowest BCUT2D eigenvalue weighted by molar-refractivity contribution is 0.134. The molecule has 0 amide bonds. The number of rotatable bonds is 8. The van der Waals surface area contributed by atoms with Crippen LogP contribution in [0.3, 0.4) is 0 Å². The van der Waals surface area contributed by atoms with Crippen LogP contribution in [-0.2, 0) is 26.1 Å². The summed E-state index contributed by atoms with van der Waals surface area (Å²) in [5.41, 5.74) is 2.44. The zero-order valence-corrected chi connectivity index (χ0v) is 14.1. The predicted octanol–water partition coefficient (Wildman–Crippen LogP) is 2.77. The Morgan fingerprint density at radius 3 is 2.35 bits per heavy atom. The number of ether oxygens (including phenoxy) is 2. The van der Waals surface area contributed by atoms with Gasteiger partial charge in [-0.2, -0.15) is 4.72 Å². The second-order valence-corrected chi connectivity index (χ2v) is 6.61. The maximum atomic E-state index is 12.5. The molecule has 0 heterocycles. The molecule has 6 heteroatoms. The molecule has 124 valence electrons. The molecule has 1 N–H and O–H groups in total. The smallest absolute Gasteiger partial charge is 0.243 e. The van der Waals surface area contributed by atoms with E-state index < -0.39 is 10.0 Å². The van der Waals surface area contributed by atoms with Gasteiger partial charge in [-0.3, -0.25) is 0 Å². The fourth-order valence-corrected chi connectivity index (χ4v) is 3.41. The molecule has 23 heavy (non-hydrogen) atoms. The van der Waals surface area contributed by atoms with Gasteiger partial charge in [0.1, 0.15) is 6.73 Å². The van der Waals surface area contributed by atoms with Crippen molar-refractivity contribution in [1.82, 2.24) is 4.72 Å². The van der Waals surface area contributed by atoms with Gasteiger partial charge in [0, 0.05) is 19.3 Å². The Morgan fingerprint density at radius 1 is 1.00 bits per heavy atom. The van der Waals surface area contributed by atoms with Gasteiger partial charge in [-0.1, -0.05) is 42.5 Å². The molecule has 2 rings (SSSR count). The Bertz CT molecular complexity index is 744. The highest BCUT2D eigenvalue weighted by molar-refractivity contribution is 7.89. The van der Waals surface area contributed by atoms with Gasteiger partial charge in [0.15, 0.2) is 0 Å². The molecule has 5 nitrogen and oxygen atoms in total. The van der Waals surface area contributed by atoms with Crippen molar-refractivity contribution >= 4 is 10.0 Å². The summed E-state index contributed by atoms with van der Waals surface area (Å²) >= 11 is 0. The van der Waals surface area contributed by atoms with Gasteiger partial charge in [0.25, 0.3) is 0 Å². The minimum Gasteiger partial charge on any atom is -0.377 e. The Kier molecular flexibility index (Phi) is 6.29. The molecular formula is C17H21NO4S. The average molecular weight is 335 g/mol. The predicted molar refractivity (Wildman–Crippen MR) is 89.4 cm³/mol. The molecule has 0 spiro atoms. The first kappa shape index (κ1) is 17.6. The van der Waals surface area contributed by atoms with Crippen molar-refractivity contribution < 1.29 is 17.9 Å². The van der Waals surface area contributed by atoms with Crippen LogP contribution in [0.15, 0.2) is 53.4 Å². The topological polar surface area (TPSA) is 64.6 Å². The number of benzene rings is 2. The molecule has 0 unspecified atom stereocenters. The second kappa shape index (κ2) is 8.21. The third-order valence-corrected chi connectivity index (χ3v) is 4.77. The van der Waals surface area contributed by atoms with Crippen LogP contribution < -0.4 is 4.72 Å². The number of methoxy groups -OCH3 is 1. The first-order valence-corrected chi connectivity index (χ1v) is 8.82. The van der Waals surface area contributed by atoms with Crippen LogP contribution in [0, 0.1) is 0 Å². The zero-order valence-electron chi connectivity index (χ0n) is 13.3. The van der Waals surface area contributed by atoms with Crippen molar-refractivity contribution in [2.24, 2.45) is 0 Å². The molecule has 0 saturated carbocycles. The standard InChI is InChI=1S/C17H21NO4S/c1-3-22-12-14-8-4-5-9-15(14)16-10-6-7-11-17(16)23(19,20)18-13-21-2/h4-11,18H,3,12-13H2,1-2H3. The number of hydrogen-bond acceptors (Lipinski definition) is 4. The van der Waals surface area contributed by atoms with Gasteiger partial charge in [-0.15, -0.1) is 0 Å². The van der Waals surface area contributed by atoms with Crippen LogP contribution in [0.1, 0.15) is 12.5 Å². The van der Waals surface area contributed by atoms with Crippen molar-refractivity contribution in [2.75, 3.05) is 20.4 Å². The largest absolute Gasteiger partial charge is 0.377 e. The quantitative estimate of drug-likeness (QED) is 0.754. The summed E-state index contributed by atoms with van der Waals surface area (Å²) in [6.07, 6.45) is 0. The van der Waals surface area contributed by atoms with E-state index in [0.717, 1.165) is 11.1 Å². The SMILES string of the molecule is CCOCc1ccccc1-c1ccccc1S(=O)(=O)NCOC. The highest BCUT2D eigenvalue weighted by Gasteiger charge is 2.19. The summed E-state index contributed by atoms with van der Waals surface area (Å²) in [6, 6.07) is 14.6. The van der Waals surface area contributed by atoms with Crippen LogP contribution in [-0.4, -0.2) is 28.9 Å². The van der Waals surface area contributed by atoms with Crippen LogP contribution in [0.5, 0.6) is 0 Å². The normalized spacial score (nSPS) is 11.6. The Hall–Kier alpha value is -1.73. The van der Waals surface area contributed by atoms with Gasteiger partial charge in [-0.05, 0) is 24.1 Å². The minimum atomic E-state index is -3.65. The molecule has 0 saturated heterocycles. The van der Waals surface area contributed by atoms with Crippen molar-refractivity contribution in [2.45, 2.75) is 18.4 Å². The lowest BCUT2D eigenvalue weighted by atomic mass is 10.0. The van der Waals surface area contributed by atoms with E-state index in [1.165, 1.54) is 7.11 Å². The third kappa shape index (κ3) is 4.39. The van der Waals surface area contributed by atoms with E-state index in [0.29, 0.717) is 18.8 Å². The Morgan fingerprint density at radius 2 is 1.65 bits per heavy atom. The maximum Gasteiger partial charge on any atom is 0.243 e. The number of nitrogens with one attached hydrogen (secondary N) is 1. The van der Waals surface area contributed by atoms with E-state index in [4.69, 9.17) is 9.47 Å². The summed E-state index contributed by atoms with van der Waals surface area (Å²) in [5.74, 6) is 0. The van der Waals surface area contributed by atoms with E-state index in [-0.39, 0.29) is 11.6 Å². The van der Waals surface area contributed by atoms with Gasteiger partial charge >= 0.3 is 0 Å². The summed E-state index contributed by atoms with van der Waals surface area (Å²) < 4.78 is 37.7. The van der Waals surface area contributed by atoms with Gasteiger partial charge in [0.05, 0.1) is 11.5 Å². The Labute approximate surface area is 137 Å². The van der Waals surface area contributed by atoms with E-state index in [1.54, 1.807) is 18.2 Å². The Balaban J connectivity index is 2.50. The molecule has 2 aromatic rings. The van der Waals surface area contributed by atoms with Crippen molar-refractivity contribution in [3.63, 3.8) is 0 Å². The zero-order chi connectivity index (χ0) is 16.7. The van der Waals surface area contributed by atoms with E-state index in [2.05, 4.69) is 4.72 Å². The molecule has 0 radical (unpaired) electrons. The highest BCUT2D eigenvalue weighted by atomic mass is 32.2. The van der Waals surface area contributed by atoms with Crippen LogP contribution in [0.2, 0.25) is 0 Å². The first-order chi connectivity index (χ1) is 11.1. The summed E-state index contributed by atoms with van der Waals surface area (Å²) in [6.45, 7) is 2.89. The maximum absolute atomic E-state index is 12.5. The molecule has 0 aromatic heterocycles. The van der Waals surface area contributed by atoms with E-state index in [9.17, 15) is 8.42 Å². The summed E-state index contributed by atoms with van der Waals surface area (Å²) in [4.78, 5) is 0.223. The molecule has 0 aliphatic carbocycles. The van der Waals surface area contributed by atoms with Gasteiger partial charge in [-0.25, -0.2) is 8.42 Å². The molecule has 0 aliphatic rings. The molecule has 0 fully saturated rings. The second-order valence-electron chi connectivity index (χ2n) is 4.87. The molecule has 2 aromatic carbocycles. The molecular weight excluding hydrogens is 314 g/mol. The molecule has 0 bridgehead atoms. The van der Waals surface area contributed by atoms with Crippen LogP contribution in [0.4, 0.5) is 0 Å². The van der Waals surface area contributed by atoms with Crippen molar-refractivity contribution in [1.29, 1.82) is 0 Å². The lowest BCUT2D eigenvalue weighted by Crippen LogP contribution is -2.26. The first-order valence-electron chi connectivity index (χ1n) is 7.33. The van der Waals surface area contributed by atoms with Gasteiger partial charge < -0.3 is 9.47 Å². The summed E-state index contributed by atoms with van der Waals surface area (Å²) in [7, 11) is -2.22. The fourth-order valence-electron chi connectivity index (χ4n) is 2.26. The van der Waals surface area contributed by atoms with Crippen LogP contribution in [0.25, 0.3) is 11.1 Å². The lowest BCUT2D eigenvalue weighted by Gasteiger charge is -2.14. The highest BCUT2D eigenvalue weighted by Crippen LogP contribution is 2.30. The van der Waals surface area contributed by atoms with Gasteiger partial charge in [0.2, 0.25) is 10.0 Å². The van der Waals surface area contributed by atoms with E-state index in [1.807, 2.05) is 37.3 Å². The number of sulfonamides is 1.